The maximum absolute atomic E-state index is 12.4. The third kappa shape index (κ3) is 4.92. The Balaban J connectivity index is 1.83. The van der Waals surface area contributed by atoms with Crippen LogP contribution >= 0.6 is 11.3 Å². The monoisotopic (exact) mass is 334 g/mol. The van der Waals surface area contributed by atoms with Crippen LogP contribution in [0.3, 0.4) is 0 Å². The first-order chi connectivity index (χ1) is 10.9. The molecule has 0 radical (unpaired) electrons. The summed E-state index contributed by atoms with van der Waals surface area (Å²) in [5.74, 6) is -0.431. The fraction of sp³-hybridized carbons (Fsp3) is 0.438. The van der Waals surface area contributed by atoms with Gasteiger partial charge in [-0.2, -0.15) is 5.10 Å². The van der Waals surface area contributed by atoms with Crippen molar-refractivity contribution in [2.75, 3.05) is 0 Å². The van der Waals surface area contributed by atoms with Gasteiger partial charge in [0, 0.05) is 25.0 Å². The minimum absolute atomic E-state index is 0.00962. The van der Waals surface area contributed by atoms with E-state index in [9.17, 15) is 9.59 Å². The molecule has 0 saturated carbocycles. The van der Waals surface area contributed by atoms with Crippen molar-refractivity contribution in [1.82, 2.24) is 20.4 Å². The summed E-state index contributed by atoms with van der Waals surface area (Å²) < 4.78 is 1.83. The molecule has 0 aliphatic carbocycles. The molecule has 2 N–H and O–H groups in total. The molecule has 2 rings (SSSR count). The third-order valence-corrected chi connectivity index (χ3v) is 4.34. The van der Waals surface area contributed by atoms with Crippen LogP contribution < -0.4 is 10.6 Å². The van der Waals surface area contributed by atoms with Gasteiger partial charge in [-0.3, -0.25) is 14.3 Å². The van der Waals surface area contributed by atoms with Crippen LogP contribution in [0.2, 0.25) is 0 Å². The number of nitrogens with zero attached hydrogens (tertiary/aromatic N) is 2. The maximum atomic E-state index is 12.4. The van der Waals surface area contributed by atoms with E-state index in [2.05, 4.69) is 15.7 Å². The van der Waals surface area contributed by atoms with E-state index < -0.39 is 5.54 Å². The molecule has 0 aliphatic heterocycles. The number of rotatable bonds is 7. The SMILES string of the molecule is C[C@@H](CCn1cccn1)NC(=O)C(C)(C)NC(=O)c1cccs1. The molecule has 0 saturated heterocycles. The Hall–Kier alpha value is -2.15. The van der Waals surface area contributed by atoms with Crippen LogP contribution in [0.5, 0.6) is 0 Å². The highest BCUT2D eigenvalue weighted by molar-refractivity contribution is 7.12. The highest BCUT2D eigenvalue weighted by Gasteiger charge is 2.30. The van der Waals surface area contributed by atoms with Crippen molar-refractivity contribution < 1.29 is 9.59 Å². The van der Waals surface area contributed by atoms with Crippen molar-refractivity contribution in [3.05, 3.63) is 40.8 Å². The Bertz CT molecular complexity index is 635. The Morgan fingerprint density at radius 1 is 1.39 bits per heavy atom. The molecule has 0 spiro atoms. The molecule has 2 aromatic rings. The van der Waals surface area contributed by atoms with Crippen molar-refractivity contribution in [2.24, 2.45) is 0 Å². The van der Waals surface area contributed by atoms with Crippen LogP contribution in [0, 0.1) is 0 Å². The number of carbonyl (C=O) groups excluding carboxylic acids is 2. The zero-order valence-corrected chi connectivity index (χ0v) is 14.4. The zero-order valence-electron chi connectivity index (χ0n) is 13.6. The largest absolute Gasteiger partial charge is 0.352 e. The van der Waals surface area contributed by atoms with Crippen LogP contribution in [-0.4, -0.2) is 33.2 Å². The molecule has 1 atom stereocenters. The van der Waals surface area contributed by atoms with Gasteiger partial charge in [-0.15, -0.1) is 11.3 Å². The van der Waals surface area contributed by atoms with E-state index in [1.165, 1.54) is 11.3 Å². The van der Waals surface area contributed by atoms with Crippen LogP contribution in [0.25, 0.3) is 0 Å². The summed E-state index contributed by atoms with van der Waals surface area (Å²) in [6.07, 6.45) is 4.38. The number of hydrogen-bond acceptors (Lipinski definition) is 4. The van der Waals surface area contributed by atoms with Gasteiger partial charge in [-0.25, -0.2) is 0 Å². The number of aryl methyl sites for hydroxylation is 1. The van der Waals surface area contributed by atoms with Gasteiger partial charge in [0.1, 0.15) is 5.54 Å². The first-order valence-corrected chi connectivity index (χ1v) is 8.41. The molecular formula is C16H22N4O2S. The van der Waals surface area contributed by atoms with Gasteiger partial charge in [0.05, 0.1) is 4.88 Å². The first-order valence-electron chi connectivity index (χ1n) is 7.53. The number of nitrogens with one attached hydrogen (secondary N) is 2. The molecule has 0 unspecified atom stereocenters. The summed E-state index contributed by atoms with van der Waals surface area (Å²) in [4.78, 5) is 25.1. The summed E-state index contributed by atoms with van der Waals surface area (Å²) in [5, 5.41) is 11.7. The number of hydrogen-bond donors (Lipinski definition) is 2. The van der Waals surface area contributed by atoms with Crippen LogP contribution in [-0.2, 0) is 11.3 Å². The lowest BCUT2D eigenvalue weighted by atomic mass is 10.0. The lowest BCUT2D eigenvalue weighted by Crippen LogP contribution is -2.56. The van der Waals surface area contributed by atoms with Gasteiger partial charge in [0.2, 0.25) is 5.91 Å². The standard InChI is InChI=1S/C16H22N4O2S/c1-12(7-10-20-9-5-8-17-20)18-15(22)16(2,3)19-14(21)13-6-4-11-23-13/h4-6,8-9,11-12H,7,10H2,1-3H3,(H,18,22)(H,19,21)/t12-/m0/s1. The summed E-state index contributed by atoms with van der Waals surface area (Å²) in [6, 6.07) is 5.40. The Labute approximate surface area is 139 Å². The van der Waals surface area contributed by atoms with Gasteiger partial charge in [-0.1, -0.05) is 6.07 Å². The number of amides is 2. The normalized spacial score (nSPS) is 12.7. The van der Waals surface area contributed by atoms with E-state index in [0.717, 1.165) is 13.0 Å². The minimum atomic E-state index is -0.971. The van der Waals surface area contributed by atoms with Crippen LogP contribution in [0.4, 0.5) is 0 Å². The minimum Gasteiger partial charge on any atom is -0.352 e. The molecule has 0 aromatic carbocycles. The van der Waals surface area contributed by atoms with Gasteiger partial charge >= 0.3 is 0 Å². The van der Waals surface area contributed by atoms with Gasteiger partial charge < -0.3 is 10.6 Å². The Kier molecular flexibility index (Phi) is 5.54. The Morgan fingerprint density at radius 3 is 2.78 bits per heavy atom. The maximum Gasteiger partial charge on any atom is 0.262 e. The van der Waals surface area contributed by atoms with Crippen LogP contribution in [0.1, 0.15) is 36.9 Å². The van der Waals surface area contributed by atoms with E-state index in [-0.39, 0.29) is 17.9 Å². The molecule has 124 valence electrons. The van der Waals surface area contributed by atoms with Gasteiger partial charge in [-0.05, 0) is 44.7 Å². The summed E-state index contributed by atoms with van der Waals surface area (Å²) in [7, 11) is 0. The quantitative estimate of drug-likeness (QED) is 0.813. The van der Waals surface area contributed by atoms with Crippen molar-refractivity contribution in [3.8, 4) is 0 Å². The van der Waals surface area contributed by atoms with E-state index in [4.69, 9.17) is 0 Å². The lowest BCUT2D eigenvalue weighted by Gasteiger charge is -2.27. The van der Waals surface area contributed by atoms with E-state index in [0.29, 0.717) is 4.88 Å². The average molecular weight is 334 g/mol. The second-order valence-corrected chi connectivity index (χ2v) is 6.94. The highest BCUT2D eigenvalue weighted by Crippen LogP contribution is 2.11. The molecule has 2 aromatic heterocycles. The average Bonchev–Trinajstić information content (AvgIpc) is 3.18. The molecule has 23 heavy (non-hydrogen) atoms. The summed E-state index contributed by atoms with van der Waals surface area (Å²) >= 11 is 1.35. The predicted molar refractivity (Wildman–Crippen MR) is 90.3 cm³/mol. The third-order valence-electron chi connectivity index (χ3n) is 3.47. The van der Waals surface area contributed by atoms with Gasteiger partial charge in [0.15, 0.2) is 0 Å². The smallest absolute Gasteiger partial charge is 0.262 e. The second kappa shape index (κ2) is 7.41. The second-order valence-electron chi connectivity index (χ2n) is 5.99. The highest BCUT2D eigenvalue weighted by atomic mass is 32.1. The van der Waals surface area contributed by atoms with Crippen molar-refractivity contribution in [3.63, 3.8) is 0 Å². The van der Waals surface area contributed by atoms with Crippen molar-refractivity contribution in [1.29, 1.82) is 0 Å². The topological polar surface area (TPSA) is 76.0 Å². The van der Waals surface area contributed by atoms with Gasteiger partial charge in [0.25, 0.3) is 5.91 Å². The predicted octanol–water partition coefficient (Wildman–Crippen LogP) is 2.05. The number of carbonyl (C=O) groups is 2. The fourth-order valence-corrected chi connectivity index (χ4v) is 2.66. The van der Waals surface area contributed by atoms with Crippen molar-refractivity contribution >= 4 is 23.2 Å². The molecular weight excluding hydrogens is 312 g/mol. The lowest BCUT2D eigenvalue weighted by molar-refractivity contribution is -0.126. The van der Waals surface area contributed by atoms with Crippen LogP contribution in [0.15, 0.2) is 36.0 Å². The molecule has 0 fully saturated rings. The zero-order chi connectivity index (χ0) is 16.9. The molecule has 2 heterocycles. The molecule has 0 bridgehead atoms. The summed E-state index contributed by atoms with van der Waals surface area (Å²) in [5.41, 5.74) is -0.971. The molecule has 2 amide bonds. The van der Waals surface area contributed by atoms with E-state index in [1.807, 2.05) is 35.3 Å². The first kappa shape index (κ1) is 17.2. The van der Waals surface area contributed by atoms with E-state index in [1.54, 1.807) is 26.1 Å². The summed E-state index contributed by atoms with van der Waals surface area (Å²) in [6.45, 7) is 6.08. The number of aromatic nitrogens is 2. The fourth-order valence-electron chi connectivity index (χ4n) is 2.04. The van der Waals surface area contributed by atoms with Crippen molar-refractivity contribution in [2.45, 2.75) is 45.3 Å². The molecule has 6 nitrogen and oxygen atoms in total. The van der Waals surface area contributed by atoms with E-state index >= 15 is 0 Å². The number of thiophene rings is 1. The molecule has 7 heteroatoms. The Morgan fingerprint density at radius 2 is 2.17 bits per heavy atom. The molecule has 0 aliphatic rings.